The van der Waals surface area contributed by atoms with Crippen LogP contribution >= 0.6 is 0 Å². The lowest BCUT2D eigenvalue weighted by atomic mass is 10.2. The third kappa shape index (κ3) is 7.09. The summed E-state index contributed by atoms with van der Waals surface area (Å²) in [5.74, 6) is 0.898. The molecule has 0 aliphatic rings. The number of carbonyl (C=O) groups excluding carboxylic acids is 1. The number of hydrogen-bond acceptors (Lipinski definition) is 6. The second-order valence-corrected chi connectivity index (χ2v) is 6.64. The van der Waals surface area contributed by atoms with Crippen molar-refractivity contribution < 1.29 is 9.53 Å². The zero-order valence-electron chi connectivity index (χ0n) is 16.3. The van der Waals surface area contributed by atoms with Crippen LogP contribution in [0.3, 0.4) is 0 Å². The summed E-state index contributed by atoms with van der Waals surface area (Å²) in [6, 6.07) is 0.357. The van der Waals surface area contributed by atoms with Crippen molar-refractivity contribution in [2.45, 2.75) is 25.9 Å². The Labute approximate surface area is 151 Å². The maximum Gasteiger partial charge on any atom is 0.318 e. The van der Waals surface area contributed by atoms with Crippen LogP contribution in [0, 0.1) is 6.92 Å². The molecule has 0 spiro atoms. The van der Waals surface area contributed by atoms with Crippen molar-refractivity contribution in [3.05, 3.63) is 24.4 Å². The molecule has 0 bridgehead atoms. The van der Waals surface area contributed by atoms with Gasteiger partial charge in [-0.1, -0.05) is 6.08 Å². The molecule has 140 valence electrons. The van der Waals surface area contributed by atoms with E-state index >= 15 is 0 Å². The number of rotatable bonds is 10. The predicted octanol–water partition coefficient (Wildman–Crippen LogP) is 1.58. The zero-order valence-corrected chi connectivity index (χ0v) is 16.3. The monoisotopic (exact) mass is 349 g/mol. The van der Waals surface area contributed by atoms with E-state index in [0.29, 0.717) is 19.1 Å². The first-order valence-corrected chi connectivity index (χ1v) is 8.41. The van der Waals surface area contributed by atoms with Crippen molar-refractivity contribution >= 4 is 11.7 Å². The third-order valence-electron chi connectivity index (χ3n) is 3.73. The zero-order chi connectivity index (χ0) is 19.0. The van der Waals surface area contributed by atoms with Gasteiger partial charge < -0.3 is 14.5 Å². The SMILES string of the molecule is C=CCC[C@H](CN(C)CC(=O)N(C)C)Oc1ncc(C)c(N(C)C)n1. The summed E-state index contributed by atoms with van der Waals surface area (Å²) in [5.41, 5.74) is 0.994. The average molecular weight is 349 g/mol. The first-order valence-electron chi connectivity index (χ1n) is 8.41. The van der Waals surface area contributed by atoms with Gasteiger partial charge in [0.05, 0.1) is 6.54 Å². The van der Waals surface area contributed by atoms with Crippen LogP contribution < -0.4 is 9.64 Å². The minimum atomic E-state index is -0.115. The summed E-state index contributed by atoms with van der Waals surface area (Å²) in [6.07, 6.45) is 5.13. The molecule has 1 aromatic heterocycles. The molecule has 0 radical (unpaired) electrons. The van der Waals surface area contributed by atoms with Crippen LogP contribution in [-0.2, 0) is 4.79 Å². The summed E-state index contributed by atoms with van der Waals surface area (Å²) < 4.78 is 6.01. The van der Waals surface area contributed by atoms with Gasteiger partial charge in [-0.3, -0.25) is 9.69 Å². The summed E-state index contributed by atoms with van der Waals surface area (Å²) in [6.45, 7) is 6.70. The van der Waals surface area contributed by atoms with E-state index in [4.69, 9.17) is 4.74 Å². The lowest BCUT2D eigenvalue weighted by Crippen LogP contribution is -2.40. The maximum atomic E-state index is 11.9. The molecule has 1 rings (SSSR count). The minimum Gasteiger partial charge on any atom is -0.459 e. The lowest BCUT2D eigenvalue weighted by Gasteiger charge is -2.25. The van der Waals surface area contributed by atoms with Crippen molar-refractivity contribution in [3.8, 4) is 6.01 Å². The number of ether oxygens (including phenoxy) is 1. The van der Waals surface area contributed by atoms with Gasteiger partial charge in [-0.25, -0.2) is 4.98 Å². The van der Waals surface area contributed by atoms with E-state index in [2.05, 4.69) is 16.5 Å². The second-order valence-electron chi connectivity index (χ2n) is 6.64. The highest BCUT2D eigenvalue weighted by Crippen LogP contribution is 2.18. The number of allylic oxidation sites excluding steroid dienone is 1. The first kappa shape index (κ1) is 20.9. The van der Waals surface area contributed by atoms with Crippen molar-refractivity contribution in [3.63, 3.8) is 0 Å². The normalized spacial score (nSPS) is 12.0. The molecule has 0 unspecified atom stereocenters. The standard InChI is InChI=1S/C18H31N5O2/c1-8-9-10-15(12-23(7)13-16(24)21(3)4)25-18-19-11-14(2)17(20-18)22(5)6/h8,11,15H,1,9-10,12-13H2,2-7H3/t15-/m1/s1. The van der Waals surface area contributed by atoms with Gasteiger partial charge in [-0.2, -0.15) is 4.98 Å². The number of hydrogen-bond donors (Lipinski definition) is 0. The molecule has 7 heteroatoms. The highest BCUT2D eigenvalue weighted by Gasteiger charge is 2.18. The molecule has 0 aliphatic heterocycles. The highest BCUT2D eigenvalue weighted by atomic mass is 16.5. The van der Waals surface area contributed by atoms with Gasteiger partial charge in [0, 0.05) is 46.5 Å². The van der Waals surface area contributed by atoms with Crippen LogP contribution in [0.25, 0.3) is 0 Å². The van der Waals surface area contributed by atoms with Crippen molar-refractivity contribution in [1.29, 1.82) is 0 Å². The largest absolute Gasteiger partial charge is 0.459 e. The summed E-state index contributed by atoms with van der Waals surface area (Å²) in [5, 5.41) is 0. The van der Waals surface area contributed by atoms with Crippen LogP contribution in [0.1, 0.15) is 18.4 Å². The Morgan fingerprint density at radius 3 is 2.56 bits per heavy atom. The Kier molecular flexibility index (Phi) is 8.34. The predicted molar refractivity (Wildman–Crippen MR) is 101 cm³/mol. The summed E-state index contributed by atoms with van der Waals surface area (Å²) in [7, 11) is 9.30. The van der Waals surface area contributed by atoms with Crippen LogP contribution in [0.15, 0.2) is 18.9 Å². The fourth-order valence-electron chi connectivity index (χ4n) is 2.35. The molecule has 1 atom stereocenters. The quantitative estimate of drug-likeness (QED) is 0.598. The maximum absolute atomic E-state index is 11.9. The second kappa shape index (κ2) is 9.98. The van der Waals surface area contributed by atoms with E-state index in [1.165, 1.54) is 0 Å². The van der Waals surface area contributed by atoms with E-state index in [9.17, 15) is 4.79 Å². The van der Waals surface area contributed by atoms with Crippen LogP contribution in [0.2, 0.25) is 0 Å². The molecular weight excluding hydrogens is 318 g/mol. The van der Waals surface area contributed by atoms with Crippen LogP contribution in [0.4, 0.5) is 5.82 Å². The highest BCUT2D eigenvalue weighted by molar-refractivity contribution is 5.77. The molecule has 25 heavy (non-hydrogen) atoms. The van der Waals surface area contributed by atoms with E-state index in [1.807, 2.05) is 43.9 Å². The Hall–Kier alpha value is -2.15. The van der Waals surface area contributed by atoms with Crippen molar-refractivity contribution in [2.24, 2.45) is 0 Å². The molecule has 0 saturated carbocycles. The lowest BCUT2D eigenvalue weighted by molar-refractivity contribution is -0.129. The number of amides is 1. The van der Waals surface area contributed by atoms with Crippen molar-refractivity contribution in [1.82, 2.24) is 19.8 Å². The van der Waals surface area contributed by atoms with Gasteiger partial charge >= 0.3 is 6.01 Å². The third-order valence-corrected chi connectivity index (χ3v) is 3.73. The van der Waals surface area contributed by atoms with E-state index in [-0.39, 0.29) is 12.0 Å². The molecule has 0 saturated heterocycles. The Bertz CT molecular complexity index is 575. The van der Waals surface area contributed by atoms with Crippen LogP contribution in [0.5, 0.6) is 6.01 Å². The van der Waals surface area contributed by atoms with Crippen molar-refractivity contribution in [2.75, 3.05) is 53.2 Å². The number of aromatic nitrogens is 2. The molecule has 7 nitrogen and oxygen atoms in total. The average Bonchev–Trinajstić information content (AvgIpc) is 2.53. The fraction of sp³-hybridized carbons (Fsp3) is 0.611. The van der Waals surface area contributed by atoms with Gasteiger partial charge in [0.25, 0.3) is 0 Å². The Balaban J connectivity index is 2.80. The molecule has 0 aliphatic carbocycles. The van der Waals surface area contributed by atoms with E-state index < -0.39 is 0 Å². The topological polar surface area (TPSA) is 61.8 Å². The number of nitrogens with zero attached hydrogens (tertiary/aromatic N) is 5. The Morgan fingerprint density at radius 1 is 1.32 bits per heavy atom. The number of carbonyl (C=O) groups is 1. The smallest absolute Gasteiger partial charge is 0.318 e. The first-order chi connectivity index (χ1) is 11.7. The van der Waals surface area contributed by atoms with Crippen LogP contribution in [-0.4, -0.2) is 80.1 Å². The van der Waals surface area contributed by atoms with E-state index in [1.54, 1.807) is 25.2 Å². The summed E-state index contributed by atoms with van der Waals surface area (Å²) in [4.78, 5) is 26.1. The van der Waals surface area contributed by atoms with Gasteiger partial charge in [0.1, 0.15) is 11.9 Å². The van der Waals surface area contributed by atoms with Gasteiger partial charge in [-0.15, -0.1) is 6.58 Å². The van der Waals surface area contributed by atoms with Gasteiger partial charge in [-0.05, 0) is 26.8 Å². The minimum absolute atomic E-state index is 0.0615. The molecule has 1 amide bonds. The molecule has 1 heterocycles. The number of anilines is 1. The summed E-state index contributed by atoms with van der Waals surface area (Å²) >= 11 is 0. The number of aryl methyl sites for hydroxylation is 1. The molecular formula is C18H31N5O2. The fourth-order valence-corrected chi connectivity index (χ4v) is 2.35. The van der Waals surface area contributed by atoms with Gasteiger partial charge in [0.15, 0.2) is 0 Å². The molecule has 0 N–H and O–H groups in total. The molecule has 1 aromatic rings. The van der Waals surface area contributed by atoms with E-state index in [0.717, 1.165) is 24.2 Å². The number of likely N-dealkylation sites (N-methyl/N-ethyl adjacent to an activating group) is 2. The molecule has 0 aromatic carbocycles. The Morgan fingerprint density at radius 2 is 2.00 bits per heavy atom. The van der Waals surface area contributed by atoms with Gasteiger partial charge in [0.2, 0.25) is 5.91 Å². The molecule has 0 fully saturated rings.